The van der Waals surface area contributed by atoms with E-state index >= 15 is 4.39 Å². The van der Waals surface area contributed by atoms with E-state index in [9.17, 15) is 19.0 Å². The number of hydrogen-bond donors (Lipinski definition) is 2. The lowest BCUT2D eigenvalue weighted by atomic mass is 9.95. The van der Waals surface area contributed by atoms with Gasteiger partial charge in [0, 0.05) is 43.2 Å². The number of phenolic OH excluding ortho intramolecular Hbond substituents is 1. The Balaban J connectivity index is 1.26. The number of benzene rings is 2. The molecular weight excluding hydrogens is 595 g/mol. The molecule has 8 rings (SSSR count). The monoisotopic (exact) mass is 629 g/mol. The Hall–Kier alpha value is -4.14. The molecule has 4 atom stereocenters. The van der Waals surface area contributed by atoms with Gasteiger partial charge in [-0.25, -0.2) is 13.2 Å². The molecule has 1 aliphatic carbocycles. The van der Waals surface area contributed by atoms with Crippen LogP contribution in [0, 0.1) is 35.8 Å². The molecule has 11 heteroatoms. The minimum Gasteiger partial charge on any atom is -0.508 e. The number of pyridine rings is 1. The molecule has 8 nitrogen and oxygen atoms in total. The smallest absolute Gasteiger partial charge is 0.319 e. The van der Waals surface area contributed by atoms with E-state index in [0.29, 0.717) is 55.5 Å². The number of phenols is 1. The minimum absolute atomic E-state index is 0.0257. The summed E-state index contributed by atoms with van der Waals surface area (Å²) in [5.74, 6) is 1.74. The first-order valence-corrected chi connectivity index (χ1v) is 15.8. The zero-order chi connectivity index (χ0) is 32.0. The van der Waals surface area contributed by atoms with Gasteiger partial charge in [0.25, 0.3) is 0 Å². The van der Waals surface area contributed by atoms with Crippen LogP contribution in [0.25, 0.3) is 32.9 Å². The first kappa shape index (κ1) is 29.3. The summed E-state index contributed by atoms with van der Waals surface area (Å²) >= 11 is 0. The Labute approximate surface area is 264 Å². The molecular formula is C35H34F3N5O3. The molecule has 2 N–H and O–H groups in total. The second kappa shape index (κ2) is 10.4. The predicted octanol–water partition coefficient (Wildman–Crippen LogP) is 5.36. The zero-order valence-corrected chi connectivity index (χ0v) is 25.4. The Morgan fingerprint density at radius 1 is 1.11 bits per heavy atom. The van der Waals surface area contributed by atoms with Crippen LogP contribution < -0.4 is 9.64 Å². The lowest BCUT2D eigenvalue weighted by Crippen LogP contribution is -2.43. The molecule has 0 bridgehead atoms. The van der Waals surface area contributed by atoms with Crippen LogP contribution >= 0.6 is 0 Å². The van der Waals surface area contributed by atoms with Crippen molar-refractivity contribution in [2.24, 2.45) is 11.8 Å². The molecule has 0 radical (unpaired) electrons. The average molecular weight is 630 g/mol. The number of nitrogens with zero attached hydrogens (tertiary/aromatic N) is 5. The lowest BCUT2D eigenvalue weighted by molar-refractivity contribution is 0.0601. The molecule has 4 fully saturated rings. The van der Waals surface area contributed by atoms with Gasteiger partial charge in [-0.3, -0.25) is 9.88 Å². The van der Waals surface area contributed by atoms with Gasteiger partial charge in [-0.1, -0.05) is 12.0 Å². The molecule has 0 spiro atoms. The van der Waals surface area contributed by atoms with Crippen LogP contribution in [0.2, 0.25) is 0 Å². The van der Waals surface area contributed by atoms with Gasteiger partial charge in [0.15, 0.2) is 5.82 Å². The second-order valence-electron chi connectivity index (χ2n) is 13.9. The van der Waals surface area contributed by atoms with Gasteiger partial charge in [-0.05, 0) is 74.6 Å². The zero-order valence-electron chi connectivity index (χ0n) is 25.4. The molecule has 3 saturated heterocycles. The topological polar surface area (TPSA) is 94.8 Å². The van der Waals surface area contributed by atoms with Crippen LogP contribution in [-0.4, -0.2) is 80.2 Å². The van der Waals surface area contributed by atoms with Crippen molar-refractivity contribution in [2.75, 3.05) is 37.7 Å². The minimum atomic E-state index is -0.931. The van der Waals surface area contributed by atoms with Crippen molar-refractivity contribution in [3.63, 3.8) is 0 Å². The third-order valence-corrected chi connectivity index (χ3v) is 10.6. The summed E-state index contributed by atoms with van der Waals surface area (Å²) in [4.78, 5) is 18.0. The first-order valence-electron chi connectivity index (χ1n) is 15.8. The number of fused-ring (bicyclic) bond motifs is 4. The van der Waals surface area contributed by atoms with Gasteiger partial charge >= 0.3 is 6.01 Å². The number of rotatable bonds is 5. The highest BCUT2D eigenvalue weighted by Gasteiger charge is 2.50. The van der Waals surface area contributed by atoms with E-state index in [-0.39, 0.29) is 57.9 Å². The van der Waals surface area contributed by atoms with E-state index in [0.717, 1.165) is 19.4 Å². The van der Waals surface area contributed by atoms with E-state index in [1.165, 1.54) is 30.5 Å². The molecule has 2 aromatic heterocycles. The maximum atomic E-state index is 16.8. The third kappa shape index (κ3) is 4.64. The predicted molar refractivity (Wildman–Crippen MR) is 167 cm³/mol. The quantitative estimate of drug-likeness (QED) is 0.285. The van der Waals surface area contributed by atoms with Gasteiger partial charge < -0.3 is 19.8 Å². The molecule has 46 heavy (non-hydrogen) atoms. The third-order valence-electron chi connectivity index (χ3n) is 10.6. The van der Waals surface area contributed by atoms with Crippen LogP contribution in [0.3, 0.4) is 0 Å². The molecule has 3 aliphatic heterocycles. The molecule has 238 valence electrons. The fraction of sp³-hybridized carbons (Fsp3) is 0.457. The SMILES string of the molecule is C#Cc1c(F)ccc2cc(O)cc(-c3ncc4c(N5CC6CC(C)(O)CC6C5)nc(OC[C@@]56CCCN5C[C@H](F)C6)nc4c3F)c12. The van der Waals surface area contributed by atoms with Crippen LogP contribution in [0.5, 0.6) is 11.8 Å². The van der Waals surface area contributed by atoms with Crippen molar-refractivity contribution in [3.8, 4) is 35.4 Å². The largest absolute Gasteiger partial charge is 0.508 e. The maximum absolute atomic E-state index is 16.8. The highest BCUT2D eigenvalue weighted by molar-refractivity contribution is 6.03. The van der Waals surface area contributed by atoms with Crippen LogP contribution in [0.4, 0.5) is 19.0 Å². The van der Waals surface area contributed by atoms with Gasteiger partial charge in [-0.15, -0.1) is 6.42 Å². The van der Waals surface area contributed by atoms with E-state index in [4.69, 9.17) is 16.1 Å². The fourth-order valence-corrected chi connectivity index (χ4v) is 8.70. The van der Waals surface area contributed by atoms with E-state index < -0.39 is 28.9 Å². The van der Waals surface area contributed by atoms with E-state index in [1.54, 1.807) is 0 Å². The molecule has 5 heterocycles. The van der Waals surface area contributed by atoms with Gasteiger partial charge in [0.2, 0.25) is 0 Å². The normalized spacial score (nSPS) is 29.0. The number of aliphatic hydroxyl groups is 1. The van der Waals surface area contributed by atoms with Crippen LogP contribution in [0.1, 0.15) is 44.6 Å². The van der Waals surface area contributed by atoms with Crippen molar-refractivity contribution in [1.29, 1.82) is 0 Å². The van der Waals surface area contributed by atoms with Gasteiger partial charge in [-0.2, -0.15) is 9.97 Å². The van der Waals surface area contributed by atoms with Crippen molar-refractivity contribution in [2.45, 2.75) is 56.3 Å². The Morgan fingerprint density at radius 3 is 2.65 bits per heavy atom. The van der Waals surface area contributed by atoms with E-state index in [2.05, 4.69) is 25.7 Å². The average Bonchev–Trinajstić information content (AvgIpc) is 3.73. The lowest BCUT2D eigenvalue weighted by Gasteiger charge is -2.31. The molecule has 2 unspecified atom stereocenters. The summed E-state index contributed by atoms with van der Waals surface area (Å²) in [7, 11) is 0. The molecule has 4 aliphatic rings. The maximum Gasteiger partial charge on any atom is 0.319 e. The number of terminal acetylenes is 1. The van der Waals surface area contributed by atoms with Crippen LogP contribution in [-0.2, 0) is 0 Å². The number of aromatic nitrogens is 3. The van der Waals surface area contributed by atoms with Crippen molar-refractivity contribution in [3.05, 3.63) is 47.7 Å². The number of anilines is 1. The standard InChI is InChI=1S/C35H34F3N5O3/c1-3-24-27(37)6-5-19-9-23(44)10-25(28(19)24)30-29(38)31-26(14-39-30)32(42-15-20-11-34(2,45)12-21(20)16-42)41-33(40-31)46-18-35-7-4-8-43(35)17-22(36)13-35/h1,5-6,9-10,14,20-22,44-45H,4,7-8,11-13,15-18H2,2H3/t20?,21?,22-,34?,35+/m1/s1. The second-order valence-corrected chi connectivity index (χ2v) is 13.9. The van der Waals surface area contributed by atoms with Crippen molar-refractivity contribution >= 4 is 27.5 Å². The molecule has 4 aromatic rings. The Bertz CT molecular complexity index is 1930. The van der Waals surface area contributed by atoms with Crippen LogP contribution in [0.15, 0.2) is 30.5 Å². The summed E-state index contributed by atoms with van der Waals surface area (Å²) in [5.41, 5.74) is -1.30. The summed E-state index contributed by atoms with van der Waals surface area (Å²) in [6, 6.07) is 5.40. The number of hydrogen-bond acceptors (Lipinski definition) is 8. The summed E-state index contributed by atoms with van der Waals surface area (Å²) in [6.45, 7) is 4.46. The highest BCUT2D eigenvalue weighted by Crippen LogP contribution is 2.46. The first-order chi connectivity index (χ1) is 22.0. The van der Waals surface area contributed by atoms with Gasteiger partial charge in [0.1, 0.15) is 41.4 Å². The number of aromatic hydroxyl groups is 1. The Morgan fingerprint density at radius 2 is 1.89 bits per heavy atom. The number of alkyl halides is 1. The molecule has 2 aromatic carbocycles. The van der Waals surface area contributed by atoms with Crippen molar-refractivity contribution in [1.82, 2.24) is 19.9 Å². The summed E-state index contributed by atoms with van der Waals surface area (Å²) < 4.78 is 52.3. The van der Waals surface area contributed by atoms with Gasteiger partial charge in [0.05, 0.1) is 22.1 Å². The molecule has 1 saturated carbocycles. The highest BCUT2D eigenvalue weighted by atomic mass is 19.1. The number of ether oxygens (including phenoxy) is 1. The fourth-order valence-electron chi connectivity index (χ4n) is 8.70. The summed E-state index contributed by atoms with van der Waals surface area (Å²) in [5, 5.41) is 22.2. The molecule has 0 amide bonds. The van der Waals surface area contributed by atoms with Crippen molar-refractivity contribution < 1.29 is 28.1 Å². The Kier molecular flexibility index (Phi) is 6.64. The van der Waals surface area contributed by atoms with E-state index in [1.807, 2.05) is 6.92 Å². The number of halogens is 3. The summed E-state index contributed by atoms with van der Waals surface area (Å²) in [6.07, 6.45) is 9.67.